The van der Waals surface area contributed by atoms with Crippen LogP contribution in [0.3, 0.4) is 0 Å². The number of aliphatic hydroxyl groups is 1. The molecule has 0 saturated heterocycles. The lowest BCUT2D eigenvalue weighted by Crippen LogP contribution is -2.35. The Labute approximate surface area is 159 Å². The number of alkyl halides is 3. The Morgan fingerprint density at radius 3 is 2.50 bits per heavy atom. The van der Waals surface area contributed by atoms with Gasteiger partial charge in [0.1, 0.15) is 17.9 Å². The van der Waals surface area contributed by atoms with E-state index >= 15 is 0 Å². The number of halogens is 3. The highest BCUT2D eigenvalue weighted by Gasteiger charge is 2.33. The highest BCUT2D eigenvalue weighted by atomic mass is 19.4. The maximum atomic E-state index is 12.5. The molecule has 2 aromatic heterocycles. The van der Waals surface area contributed by atoms with E-state index in [1.54, 1.807) is 33.8 Å². The standard InChI is InChI=1S/C18H20F3N5O2/c1-10-7-12(28-18(19,20)21)5-6-13(10)15(17(3,4)27)25-14-8-11(2)24-16-22-9-23-26(14)16/h5-9,15,25,27H,1-4H3/t15-/m1/s1. The summed E-state index contributed by atoms with van der Waals surface area (Å²) in [6, 6.07) is 5.10. The van der Waals surface area contributed by atoms with E-state index in [4.69, 9.17) is 0 Å². The topological polar surface area (TPSA) is 84.6 Å². The molecule has 0 aliphatic carbocycles. The van der Waals surface area contributed by atoms with Gasteiger partial charge in [0.2, 0.25) is 0 Å². The van der Waals surface area contributed by atoms with Crippen molar-refractivity contribution in [3.8, 4) is 5.75 Å². The average Bonchev–Trinajstić information content (AvgIpc) is 2.99. The van der Waals surface area contributed by atoms with Crippen LogP contribution in [-0.2, 0) is 0 Å². The van der Waals surface area contributed by atoms with Crippen LogP contribution in [0.15, 0.2) is 30.6 Å². The number of hydrogen-bond donors (Lipinski definition) is 2. The first-order valence-electron chi connectivity index (χ1n) is 8.46. The van der Waals surface area contributed by atoms with Crippen molar-refractivity contribution in [3.05, 3.63) is 47.4 Å². The highest BCUT2D eigenvalue weighted by Crippen LogP contribution is 2.34. The van der Waals surface area contributed by atoms with E-state index in [-0.39, 0.29) is 5.75 Å². The number of hydrogen-bond acceptors (Lipinski definition) is 6. The Balaban J connectivity index is 2.01. The summed E-state index contributed by atoms with van der Waals surface area (Å²) < 4.78 is 42.9. The molecule has 0 bridgehead atoms. The molecule has 0 radical (unpaired) electrons. The number of anilines is 1. The van der Waals surface area contributed by atoms with Gasteiger partial charge in [-0.3, -0.25) is 0 Å². The maximum absolute atomic E-state index is 12.5. The molecule has 10 heteroatoms. The summed E-state index contributed by atoms with van der Waals surface area (Å²) in [5.41, 5.74) is 0.594. The van der Waals surface area contributed by atoms with Crippen LogP contribution in [0.2, 0.25) is 0 Å². The second kappa shape index (κ2) is 6.93. The second-order valence-electron chi connectivity index (χ2n) is 7.05. The molecular weight excluding hydrogens is 375 g/mol. The van der Waals surface area contributed by atoms with Crippen molar-refractivity contribution in [2.75, 3.05) is 5.32 Å². The van der Waals surface area contributed by atoms with Gasteiger partial charge in [0.15, 0.2) is 0 Å². The van der Waals surface area contributed by atoms with Gasteiger partial charge in [0.05, 0.1) is 11.6 Å². The molecule has 3 aromatic rings. The van der Waals surface area contributed by atoms with Crippen LogP contribution in [0.4, 0.5) is 19.0 Å². The smallest absolute Gasteiger partial charge is 0.406 e. The van der Waals surface area contributed by atoms with Crippen LogP contribution in [0.25, 0.3) is 5.78 Å². The molecule has 0 amide bonds. The normalized spacial score (nSPS) is 13.6. The first-order valence-corrected chi connectivity index (χ1v) is 8.46. The Morgan fingerprint density at radius 1 is 1.18 bits per heavy atom. The van der Waals surface area contributed by atoms with E-state index in [1.807, 2.05) is 0 Å². The summed E-state index contributed by atoms with van der Waals surface area (Å²) in [7, 11) is 0. The van der Waals surface area contributed by atoms with Crippen LogP contribution in [0.5, 0.6) is 5.75 Å². The van der Waals surface area contributed by atoms with Crippen molar-refractivity contribution in [2.24, 2.45) is 0 Å². The van der Waals surface area contributed by atoms with Gasteiger partial charge in [0, 0.05) is 11.8 Å². The second-order valence-corrected chi connectivity index (χ2v) is 7.05. The van der Waals surface area contributed by atoms with Crippen LogP contribution in [0, 0.1) is 13.8 Å². The van der Waals surface area contributed by atoms with Crippen molar-refractivity contribution < 1.29 is 23.0 Å². The minimum Gasteiger partial charge on any atom is -0.406 e. The number of benzene rings is 1. The molecule has 28 heavy (non-hydrogen) atoms. The van der Waals surface area contributed by atoms with Crippen molar-refractivity contribution in [3.63, 3.8) is 0 Å². The molecule has 0 saturated carbocycles. The number of aryl methyl sites for hydroxylation is 2. The number of ether oxygens (including phenoxy) is 1. The summed E-state index contributed by atoms with van der Waals surface area (Å²) >= 11 is 0. The molecule has 2 heterocycles. The first kappa shape index (κ1) is 19.9. The fraction of sp³-hybridized carbons (Fsp3) is 0.389. The molecule has 1 aromatic carbocycles. The quantitative estimate of drug-likeness (QED) is 0.687. The van der Waals surface area contributed by atoms with E-state index in [1.165, 1.54) is 29.0 Å². The minimum atomic E-state index is -4.77. The molecule has 150 valence electrons. The van der Waals surface area contributed by atoms with Crippen molar-refractivity contribution >= 4 is 11.6 Å². The van der Waals surface area contributed by atoms with E-state index in [9.17, 15) is 18.3 Å². The molecule has 0 aliphatic rings. The van der Waals surface area contributed by atoms with Crippen molar-refractivity contribution in [2.45, 2.75) is 45.7 Å². The lowest BCUT2D eigenvalue weighted by Gasteiger charge is -2.32. The molecule has 3 rings (SSSR count). The van der Waals surface area contributed by atoms with E-state index in [2.05, 4.69) is 25.1 Å². The van der Waals surface area contributed by atoms with Gasteiger partial charge in [-0.2, -0.15) is 14.6 Å². The fourth-order valence-corrected chi connectivity index (χ4v) is 2.99. The third kappa shape index (κ3) is 4.33. The van der Waals surface area contributed by atoms with Gasteiger partial charge in [-0.15, -0.1) is 13.2 Å². The molecule has 1 atom stereocenters. The summed E-state index contributed by atoms with van der Waals surface area (Å²) in [5, 5.41) is 18.1. The summed E-state index contributed by atoms with van der Waals surface area (Å²) in [6.07, 6.45) is -3.41. The van der Waals surface area contributed by atoms with Crippen LogP contribution >= 0.6 is 0 Å². The Hall–Kier alpha value is -2.88. The Morgan fingerprint density at radius 2 is 1.89 bits per heavy atom. The number of rotatable bonds is 5. The highest BCUT2D eigenvalue weighted by molar-refractivity contribution is 5.49. The molecule has 7 nitrogen and oxygen atoms in total. The monoisotopic (exact) mass is 395 g/mol. The van der Waals surface area contributed by atoms with Crippen LogP contribution in [0.1, 0.15) is 36.7 Å². The van der Waals surface area contributed by atoms with Crippen molar-refractivity contribution in [1.29, 1.82) is 0 Å². The third-order valence-electron chi connectivity index (χ3n) is 4.16. The minimum absolute atomic E-state index is 0.318. The molecule has 0 unspecified atom stereocenters. The van der Waals surface area contributed by atoms with E-state index in [0.717, 1.165) is 0 Å². The maximum Gasteiger partial charge on any atom is 0.573 e. The fourth-order valence-electron chi connectivity index (χ4n) is 2.99. The zero-order valence-corrected chi connectivity index (χ0v) is 15.7. The zero-order chi connectivity index (χ0) is 20.7. The Kier molecular flexibility index (Phi) is 4.92. The van der Waals surface area contributed by atoms with Gasteiger partial charge in [-0.25, -0.2) is 4.98 Å². The summed E-state index contributed by atoms with van der Waals surface area (Å²) in [5.74, 6) is 0.617. The van der Waals surface area contributed by atoms with Gasteiger partial charge in [-0.1, -0.05) is 6.07 Å². The number of nitrogens with zero attached hydrogens (tertiary/aromatic N) is 4. The average molecular weight is 395 g/mol. The van der Waals surface area contributed by atoms with Gasteiger partial charge >= 0.3 is 6.36 Å². The summed E-state index contributed by atoms with van der Waals surface area (Å²) in [4.78, 5) is 8.33. The molecular formula is C18H20F3N5O2. The number of nitrogens with one attached hydrogen (secondary N) is 1. The molecule has 0 aliphatic heterocycles. The van der Waals surface area contributed by atoms with E-state index < -0.39 is 18.0 Å². The largest absolute Gasteiger partial charge is 0.573 e. The van der Waals surface area contributed by atoms with Gasteiger partial charge < -0.3 is 15.2 Å². The first-order chi connectivity index (χ1) is 12.9. The SMILES string of the molecule is Cc1cc(N[C@H](c2ccc(OC(F)(F)F)cc2C)C(C)(C)O)n2ncnc2n1. The zero-order valence-electron chi connectivity index (χ0n) is 15.7. The van der Waals surface area contributed by atoms with Crippen molar-refractivity contribution in [1.82, 2.24) is 19.6 Å². The van der Waals surface area contributed by atoms with Crippen LogP contribution < -0.4 is 10.1 Å². The lowest BCUT2D eigenvalue weighted by molar-refractivity contribution is -0.274. The van der Waals surface area contributed by atoms with Crippen LogP contribution in [-0.4, -0.2) is 36.7 Å². The predicted octanol–water partition coefficient (Wildman–Crippen LogP) is 3.56. The number of aromatic nitrogens is 4. The predicted molar refractivity (Wildman–Crippen MR) is 96.0 cm³/mol. The number of fused-ring (bicyclic) bond motifs is 1. The summed E-state index contributed by atoms with van der Waals surface area (Å²) in [6.45, 7) is 6.67. The molecule has 2 N–H and O–H groups in total. The molecule has 0 spiro atoms. The van der Waals surface area contributed by atoms with Gasteiger partial charge in [-0.05, 0) is 51.0 Å². The lowest BCUT2D eigenvalue weighted by atomic mass is 9.89. The Bertz CT molecular complexity index is 995. The van der Waals surface area contributed by atoms with Gasteiger partial charge in [0.25, 0.3) is 5.78 Å². The third-order valence-corrected chi connectivity index (χ3v) is 4.16. The van der Waals surface area contributed by atoms with E-state index in [0.29, 0.717) is 28.4 Å². The molecule has 0 fully saturated rings.